The molecule has 0 aliphatic heterocycles. The van der Waals surface area contributed by atoms with E-state index in [1.807, 2.05) is 31.2 Å². The highest BCUT2D eigenvalue weighted by molar-refractivity contribution is 5.92. The number of carbonyl (C=O) groups excluding carboxylic acids is 1. The molecule has 0 spiro atoms. The third kappa shape index (κ3) is 3.30. The summed E-state index contributed by atoms with van der Waals surface area (Å²) in [7, 11) is 0. The predicted molar refractivity (Wildman–Crippen MR) is 67.7 cm³/mol. The van der Waals surface area contributed by atoms with E-state index in [0.717, 1.165) is 11.3 Å². The molecule has 1 amide bonds. The van der Waals surface area contributed by atoms with Gasteiger partial charge < -0.3 is 10.4 Å². The monoisotopic (exact) mass is 233 g/mol. The number of hydrogen-bond acceptors (Lipinski definition) is 2. The van der Waals surface area contributed by atoms with Crippen LogP contribution in [-0.4, -0.2) is 17.6 Å². The number of benzene rings is 1. The van der Waals surface area contributed by atoms with E-state index in [1.165, 1.54) is 12.8 Å². The minimum atomic E-state index is 0.113. The van der Waals surface area contributed by atoms with Gasteiger partial charge >= 0.3 is 0 Å². The van der Waals surface area contributed by atoms with Crippen molar-refractivity contribution in [1.82, 2.24) is 0 Å². The van der Waals surface area contributed by atoms with Crippen molar-refractivity contribution in [2.45, 2.75) is 26.2 Å². The molecule has 2 N–H and O–H groups in total. The normalized spacial score (nSPS) is 16.6. The highest BCUT2D eigenvalue weighted by atomic mass is 16.2. The molecule has 1 aliphatic rings. The summed E-state index contributed by atoms with van der Waals surface area (Å²) in [6.45, 7) is 2.15. The molecule has 1 saturated carbocycles. The van der Waals surface area contributed by atoms with Crippen molar-refractivity contribution < 1.29 is 9.90 Å². The largest absolute Gasteiger partial charge is 0.396 e. The van der Waals surface area contributed by atoms with E-state index in [4.69, 9.17) is 5.11 Å². The van der Waals surface area contributed by atoms with Crippen LogP contribution < -0.4 is 5.32 Å². The molecular formula is C14H19NO2. The lowest BCUT2D eigenvalue weighted by atomic mass is 10.1. The molecule has 0 aromatic heterocycles. The Balaban J connectivity index is 1.91. The maximum absolute atomic E-state index is 11.9. The SMILES string of the molecule is CC(C(=O)Nc1ccc(CCO)cc1)C1CC1. The van der Waals surface area contributed by atoms with Gasteiger partial charge in [0.15, 0.2) is 0 Å². The fraction of sp³-hybridized carbons (Fsp3) is 0.500. The zero-order valence-electron chi connectivity index (χ0n) is 10.1. The highest BCUT2D eigenvalue weighted by Crippen LogP contribution is 2.37. The van der Waals surface area contributed by atoms with Gasteiger partial charge in [-0.15, -0.1) is 0 Å². The fourth-order valence-electron chi connectivity index (χ4n) is 1.95. The second kappa shape index (κ2) is 5.32. The molecule has 3 heteroatoms. The number of nitrogens with one attached hydrogen (secondary N) is 1. The molecule has 3 nitrogen and oxygen atoms in total. The average molecular weight is 233 g/mol. The van der Waals surface area contributed by atoms with Crippen molar-refractivity contribution in [3.8, 4) is 0 Å². The lowest BCUT2D eigenvalue weighted by Gasteiger charge is -2.11. The first-order valence-corrected chi connectivity index (χ1v) is 6.21. The molecule has 2 rings (SSSR count). The van der Waals surface area contributed by atoms with Crippen molar-refractivity contribution in [2.75, 3.05) is 11.9 Å². The van der Waals surface area contributed by atoms with Crippen LogP contribution in [0.5, 0.6) is 0 Å². The van der Waals surface area contributed by atoms with Crippen LogP contribution in [0.4, 0.5) is 5.69 Å². The van der Waals surface area contributed by atoms with Crippen LogP contribution in [0.3, 0.4) is 0 Å². The number of aliphatic hydroxyl groups is 1. The number of amides is 1. The smallest absolute Gasteiger partial charge is 0.227 e. The van der Waals surface area contributed by atoms with Gasteiger partial charge in [0.2, 0.25) is 5.91 Å². The summed E-state index contributed by atoms with van der Waals surface area (Å²) >= 11 is 0. The Hall–Kier alpha value is -1.35. The molecule has 1 fully saturated rings. The second-order valence-corrected chi connectivity index (χ2v) is 4.79. The first-order chi connectivity index (χ1) is 8.20. The summed E-state index contributed by atoms with van der Waals surface area (Å²) in [5.74, 6) is 0.818. The fourth-order valence-corrected chi connectivity index (χ4v) is 1.95. The van der Waals surface area contributed by atoms with Gasteiger partial charge in [0.1, 0.15) is 0 Å². The Morgan fingerprint density at radius 2 is 2.06 bits per heavy atom. The zero-order chi connectivity index (χ0) is 12.3. The van der Waals surface area contributed by atoms with E-state index in [2.05, 4.69) is 5.32 Å². The summed E-state index contributed by atoms with van der Waals surface area (Å²) in [4.78, 5) is 11.9. The first kappa shape index (κ1) is 12.1. The van der Waals surface area contributed by atoms with Gasteiger partial charge in [-0.2, -0.15) is 0 Å². The summed E-state index contributed by atoms with van der Waals surface area (Å²) in [6, 6.07) is 7.66. The number of rotatable bonds is 5. The number of hydrogen-bond donors (Lipinski definition) is 2. The molecule has 92 valence electrons. The van der Waals surface area contributed by atoms with Crippen LogP contribution >= 0.6 is 0 Å². The first-order valence-electron chi connectivity index (χ1n) is 6.21. The van der Waals surface area contributed by atoms with Gasteiger partial charge in [-0.05, 0) is 42.9 Å². The van der Waals surface area contributed by atoms with Gasteiger partial charge in [0, 0.05) is 18.2 Å². The van der Waals surface area contributed by atoms with Gasteiger partial charge in [-0.3, -0.25) is 4.79 Å². The quantitative estimate of drug-likeness (QED) is 0.819. The molecule has 0 saturated heterocycles. The number of carbonyl (C=O) groups is 1. The topological polar surface area (TPSA) is 49.3 Å². The molecule has 0 bridgehead atoms. The Morgan fingerprint density at radius 3 is 2.59 bits per heavy atom. The van der Waals surface area contributed by atoms with E-state index in [1.54, 1.807) is 0 Å². The molecule has 1 atom stereocenters. The van der Waals surface area contributed by atoms with Crippen LogP contribution in [0, 0.1) is 11.8 Å². The molecule has 1 aliphatic carbocycles. The van der Waals surface area contributed by atoms with E-state index in [-0.39, 0.29) is 18.4 Å². The molecule has 17 heavy (non-hydrogen) atoms. The van der Waals surface area contributed by atoms with Crippen LogP contribution in [-0.2, 0) is 11.2 Å². The lowest BCUT2D eigenvalue weighted by Crippen LogP contribution is -2.21. The van der Waals surface area contributed by atoms with E-state index < -0.39 is 0 Å². The summed E-state index contributed by atoms with van der Waals surface area (Å²) in [6.07, 6.45) is 3.03. The van der Waals surface area contributed by atoms with Crippen LogP contribution in [0.25, 0.3) is 0 Å². The Labute approximate surface area is 102 Å². The standard InChI is InChI=1S/C14H19NO2/c1-10(12-4-5-12)14(17)15-13-6-2-11(3-7-13)8-9-16/h2-3,6-7,10,12,16H,4-5,8-9H2,1H3,(H,15,17). The van der Waals surface area contributed by atoms with E-state index in [0.29, 0.717) is 12.3 Å². The van der Waals surface area contributed by atoms with E-state index in [9.17, 15) is 4.79 Å². The third-order valence-electron chi connectivity index (χ3n) is 3.36. The molecule has 1 unspecified atom stereocenters. The lowest BCUT2D eigenvalue weighted by molar-refractivity contribution is -0.119. The number of aliphatic hydroxyl groups excluding tert-OH is 1. The van der Waals surface area contributed by atoms with Crippen molar-refractivity contribution in [3.63, 3.8) is 0 Å². The average Bonchev–Trinajstić information content (AvgIpc) is 3.15. The third-order valence-corrected chi connectivity index (χ3v) is 3.36. The molecule has 0 heterocycles. The Morgan fingerprint density at radius 1 is 1.41 bits per heavy atom. The Kier molecular flexibility index (Phi) is 3.79. The molecule has 1 aromatic rings. The maximum Gasteiger partial charge on any atom is 0.227 e. The van der Waals surface area contributed by atoms with Crippen molar-refractivity contribution >= 4 is 11.6 Å². The summed E-state index contributed by atoms with van der Waals surface area (Å²) < 4.78 is 0. The van der Waals surface area contributed by atoms with Gasteiger partial charge in [0.05, 0.1) is 0 Å². The van der Waals surface area contributed by atoms with Crippen LogP contribution in [0.1, 0.15) is 25.3 Å². The minimum absolute atomic E-state index is 0.113. The van der Waals surface area contributed by atoms with Gasteiger partial charge in [-0.25, -0.2) is 0 Å². The van der Waals surface area contributed by atoms with Crippen LogP contribution in [0.15, 0.2) is 24.3 Å². The molecule has 1 aromatic carbocycles. The maximum atomic E-state index is 11.9. The molecule has 0 radical (unpaired) electrons. The van der Waals surface area contributed by atoms with Gasteiger partial charge in [-0.1, -0.05) is 19.1 Å². The van der Waals surface area contributed by atoms with E-state index >= 15 is 0 Å². The number of anilines is 1. The van der Waals surface area contributed by atoms with Crippen LogP contribution in [0.2, 0.25) is 0 Å². The van der Waals surface area contributed by atoms with Crippen molar-refractivity contribution in [2.24, 2.45) is 11.8 Å². The highest BCUT2D eigenvalue weighted by Gasteiger charge is 2.32. The summed E-state index contributed by atoms with van der Waals surface area (Å²) in [5.41, 5.74) is 1.92. The van der Waals surface area contributed by atoms with Crippen molar-refractivity contribution in [1.29, 1.82) is 0 Å². The van der Waals surface area contributed by atoms with Crippen molar-refractivity contribution in [3.05, 3.63) is 29.8 Å². The summed E-state index contributed by atoms with van der Waals surface area (Å²) in [5, 5.41) is 11.7. The predicted octanol–water partition coefficient (Wildman–Crippen LogP) is 2.21. The molecular weight excluding hydrogens is 214 g/mol. The second-order valence-electron chi connectivity index (χ2n) is 4.79. The zero-order valence-corrected chi connectivity index (χ0v) is 10.1. The van der Waals surface area contributed by atoms with Gasteiger partial charge in [0.25, 0.3) is 0 Å². The minimum Gasteiger partial charge on any atom is -0.396 e. The Bertz CT molecular complexity index is 382.